The first kappa shape index (κ1) is 13.9. The fourth-order valence-electron chi connectivity index (χ4n) is 1.08. The van der Waals surface area contributed by atoms with Crippen LogP contribution in [0.1, 0.15) is 32.6 Å². The van der Waals surface area contributed by atoms with Crippen LogP contribution in [0.4, 0.5) is 0 Å². The molecule has 0 rings (SSSR count). The quantitative estimate of drug-likeness (QED) is 0.491. The van der Waals surface area contributed by atoms with Crippen molar-refractivity contribution in [3.8, 4) is 0 Å². The zero-order valence-corrected chi connectivity index (χ0v) is 9.21. The minimum atomic E-state index is -0.120. The van der Waals surface area contributed by atoms with Gasteiger partial charge in [-0.3, -0.25) is 9.59 Å². The monoisotopic (exact) mass is 216 g/mol. The fourth-order valence-corrected chi connectivity index (χ4v) is 1.08. The summed E-state index contributed by atoms with van der Waals surface area (Å²) in [4.78, 5) is 21.6. The lowest BCUT2D eigenvalue weighted by Crippen LogP contribution is -2.30. The summed E-state index contributed by atoms with van der Waals surface area (Å²) in [5, 5.41) is 13.8. The van der Waals surface area contributed by atoms with Gasteiger partial charge >= 0.3 is 0 Å². The number of aliphatic hydroxyl groups is 1. The van der Waals surface area contributed by atoms with E-state index in [0.29, 0.717) is 19.5 Å². The molecular formula is C10H20N2O3. The van der Waals surface area contributed by atoms with Gasteiger partial charge < -0.3 is 15.7 Å². The highest BCUT2D eigenvalue weighted by atomic mass is 16.2. The number of nitrogens with one attached hydrogen (secondary N) is 2. The summed E-state index contributed by atoms with van der Waals surface area (Å²) in [5.74, 6) is -0.168. The maximum atomic E-state index is 11.1. The SMILES string of the molecule is CC(=O)NCCC(=O)NCCCCCO. The predicted molar refractivity (Wildman–Crippen MR) is 57.2 cm³/mol. The van der Waals surface area contributed by atoms with Crippen LogP contribution in [-0.2, 0) is 9.59 Å². The van der Waals surface area contributed by atoms with Gasteiger partial charge in [0.1, 0.15) is 0 Å². The van der Waals surface area contributed by atoms with Gasteiger partial charge in [-0.15, -0.1) is 0 Å². The molecule has 0 heterocycles. The minimum absolute atomic E-state index is 0.0484. The van der Waals surface area contributed by atoms with Gasteiger partial charge in [0.2, 0.25) is 11.8 Å². The Balaban J connectivity index is 3.22. The van der Waals surface area contributed by atoms with E-state index in [4.69, 9.17) is 5.11 Å². The van der Waals surface area contributed by atoms with Gasteiger partial charge in [0.15, 0.2) is 0 Å². The molecule has 0 unspecified atom stereocenters. The van der Waals surface area contributed by atoms with Crippen LogP contribution in [0.3, 0.4) is 0 Å². The largest absolute Gasteiger partial charge is 0.396 e. The van der Waals surface area contributed by atoms with E-state index in [1.165, 1.54) is 6.92 Å². The molecule has 0 saturated carbocycles. The number of hydrogen-bond donors (Lipinski definition) is 3. The molecule has 0 aromatic rings. The average molecular weight is 216 g/mol. The zero-order chi connectivity index (χ0) is 11.5. The molecule has 0 spiro atoms. The van der Waals surface area contributed by atoms with Crippen molar-refractivity contribution in [2.45, 2.75) is 32.6 Å². The van der Waals surface area contributed by atoms with Crippen LogP contribution in [0.25, 0.3) is 0 Å². The van der Waals surface area contributed by atoms with E-state index >= 15 is 0 Å². The normalized spacial score (nSPS) is 9.73. The molecule has 0 bridgehead atoms. The maximum absolute atomic E-state index is 11.1. The lowest BCUT2D eigenvalue weighted by molar-refractivity contribution is -0.121. The van der Waals surface area contributed by atoms with E-state index in [2.05, 4.69) is 10.6 Å². The van der Waals surface area contributed by atoms with Crippen molar-refractivity contribution in [1.29, 1.82) is 0 Å². The Morgan fingerprint density at radius 2 is 1.80 bits per heavy atom. The molecule has 0 atom stereocenters. The van der Waals surface area contributed by atoms with E-state index in [1.807, 2.05) is 0 Å². The van der Waals surface area contributed by atoms with Crippen LogP contribution in [-0.4, -0.2) is 36.6 Å². The molecule has 0 aliphatic rings. The number of amides is 2. The Morgan fingerprint density at radius 3 is 2.40 bits per heavy atom. The van der Waals surface area contributed by atoms with E-state index < -0.39 is 0 Å². The Bertz CT molecular complexity index is 195. The second-order valence-electron chi connectivity index (χ2n) is 3.37. The zero-order valence-electron chi connectivity index (χ0n) is 9.21. The first-order valence-electron chi connectivity index (χ1n) is 5.29. The highest BCUT2D eigenvalue weighted by Crippen LogP contribution is 1.92. The van der Waals surface area contributed by atoms with Gasteiger partial charge in [-0.25, -0.2) is 0 Å². The van der Waals surface area contributed by atoms with Crippen LogP contribution in [0.5, 0.6) is 0 Å². The highest BCUT2D eigenvalue weighted by Gasteiger charge is 2.00. The molecule has 0 radical (unpaired) electrons. The number of carbonyl (C=O) groups excluding carboxylic acids is 2. The summed E-state index contributed by atoms with van der Waals surface area (Å²) in [5.41, 5.74) is 0. The van der Waals surface area contributed by atoms with E-state index in [0.717, 1.165) is 19.3 Å². The summed E-state index contributed by atoms with van der Waals surface area (Å²) in [6.45, 7) is 2.65. The summed E-state index contributed by atoms with van der Waals surface area (Å²) in [6.07, 6.45) is 2.90. The van der Waals surface area contributed by atoms with Crippen LogP contribution < -0.4 is 10.6 Å². The molecule has 0 saturated heterocycles. The van der Waals surface area contributed by atoms with Crippen LogP contribution in [0.2, 0.25) is 0 Å². The van der Waals surface area contributed by atoms with Crippen molar-refractivity contribution in [2.75, 3.05) is 19.7 Å². The lowest BCUT2D eigenvalue weighted by atomic mass is 10.2. The molecule has 5 nitrogen and oxygen atoms in total. The Morgan fingerprint density at radius 1 is 1.07 bits per heavy atom. The third-order valence-electron chi connectivity index (χ3n) is 1.88. The van der Waals surface area contributed by atoms with Gasteiger partial charge in [-0.1, -0.05) is 0 Å². The van der Waals surface area contributed by atoms with Crippen molar-refractivity contribution in [3.63, 3.8) is 0 Å². The standard InChI is InChI=1S/C10H20N2O3/c1-9(14)11-7-5-10(15)12-6-3-2-4-8-13/h13H,2-8H2,1H3,(H,11,14)(H,12,15). The third kappa shape index (κ3) is 10.8. The van der Waals surface area contributed by atoms with Crippen LogP contribution in [0.15, 0.2) is 0 Å². The Kier molecular flexibility index (Phi) is 8.76. The molecular weight excluding hydrogens is 196 g/mol. The number of rotatable bonds is 8. The van der Waals surface area contributed by atoms with E-state index in [1.54, 1.807) is 0 Å². The Labute approximate surface area is 90.2 Å². The van der Waals surface area contributed by atoms with E-state index in [-0.39, 0.29) is 18.4 Å². The lowest BCUT2D eigenvalue weighted by Gasteiger charge is -2.04. The van der Waals surface area contributed by atoms with Crippen LogP contribution >= 0.6 is 0 Å². The molecule has 0 aromatic carbocycles. The van der Waals surface area contributed by atoms with Crippen molar-refractivity contribution in [1.82, 2.24) is 10.6 Å². The first-order chi connectivity index (χ1) is 7.16. The molecule has 0 fully saturated rings. The van der Waals surface area contributed by atoms with E-state index in [9.17, 15) is 9.59 Å². The van der Waals surface area contributed by atoms with Gasteiger partial charge in [-0.05, 0) is 19.3 Å². The second kappa shape index (κ2) is 9.45. The molecule has 2 amide bonds. The van der Waals surface area contributed by atoms with Gasteiger partial charge in [-0.2, -0.15) is 0 Å². The average Bonchev–Trinajstić information content (AvgIpc) is 2.17. The summed E-state index contributed by atoms with van der Waals surface area (Å²) >= 11 is 0. The highest BCUT2D eigenvalue weighted by molar-refractivity contribution is 5.77. The van der Waals surface area contributed by atoms with Crippen molar-refractivity contribution in [2.24, 2.45) is 0 Å². The van der Waals surface area contributed by atoms with Gasteiger partial charge in [0.25, 0.3) is 0 Å². The van der Waals surface area contributed by atoms with Crippen molar-refractivity contribution in [3.05, 3.63) is 0 Å². The number of aliphatic hydroxyl groups excluding tert-OH is 1. The maximum Gasteiger partial charge on any atom is 0.221 e. The van der Waals surface area contributed by atoms with Crippen molar-refractivity contribution < 1.29 is 14.7 Å². The third-order valence-corrected chi connectivity index (χ3v) is 1.88. The number of carbonyl (C=O) groups is 2. The summed E-state index contributed by atoms with van der Waals surface area (Å²) < 4.78 is 0. The second-order valence-corrected chi connectivity index (χ2v) is 3.37. The Hall–Kier alpha value is -1.10. The smallest absolute Gasteiger partial charge is 0.221 e. The number of unbranched alkanes of at least 4 members (excludes halogenated alkanes) is 2. The van der Waals surface area contributed by atoms with Crippen molar-refractivity contribution >= 4 is 11.8 Å². The molecule has 15 heavy (non-hydrogen) atoms. The van der Waals surface area contributed by atoms with Gasteiger partial charge in [0.05, 0.1) is 0 Å². The molecule has 0 aromatic heterocycles. The molecule has 0 aliphatic heterocycles. The fraction of sp³-hybridized carbons (Fsp3) is 0.800. The predicted octanol–water partition coefficient (Wildman–Crippen LogP) is -0.209. The van der Waals surface area contributed by atoms with Gasteiger partial charge in [0, 0.05) is 33.0 Å². The first-order valence-corrected chi connectivity index (χ1v) is 5.29. The topological polar surface area (TPSA) is 78.4 Å². The molecule has 0 aliphatic carbocycles. The molecule has 3 N–H and O–H groups in total. The summed E-state index contributed by atoms with van der Waals surface area (Å²) in [7, 11) is 0. The molecule has 5 heteroatoms. The number of hydrogen-bond acceptors (Lipinski definition) is 3. The van der Waals surface area contributed by atoms with Crippen LogP contribution in [0, 0.1) is 0 Å². The summed E-state index contributed by atoms with van der Waals surface area (Å²) in [6, 6.07) is 0. The molecule has 88 valence electrons. The minimum Gasteiger partial charge on any atom is -0.396 e.